The Balaban J connectivity index is 1.47. The minimum Gasteiger partial charge on any atom is -0.330 e. The van der Waals surface area contributed by atoms with Crippen molar-refractivity contribution in [3.05, 3.63) is 101 Å². The van der Waals surface area contributed by atoms with Crippen LogP contribution in [0.25, 0.3) is 0 Å². The number of fused-ring (bicyclic) bond motifs is 1. The van der Waals surface area contributed by atoms with E-state index in [0.717, 1.165) is 16.7 Å². The summed E-state index contributed by atoms with van der Waals surface area (Å²) in [7, 11) is -3.90. The average Bonchev–Trinajstić information content (AvgIpc) is 2.86. The molecule has 0 fully saturated rings. The van der Waals surface area contributed by atoms with Crippen LogP contribution in [0.1, 0.15) is 34.6 Å². The summed E-state index contributed by atoms with van der Waals surface area (Å²) in [6.45, 7) is -0.163. The van der Waals surface area contributed by atoms with Crippen LogP contribution in [0.4, 0.5) is 13.2 Å². The molecule has 0 aromatic heterocycles. The molecule has 1 amide bonds. The highest BCUT2D eigenvalue weighted by Crippen LogP contribution is 2.29. The van der Waals surface area contributed by atoms with E-state index in [1.165, 1.54) is 12.1 Å². The first-order valence-electron chi connectivity index (χ1n) is 11.2. The van der Waals surface area contributed by atoms with E-state index >= 15 is 0 Å². The zero-order valence-corrected chi connectivity index (χ0v) is 19.6. The lowest BCUT2D eigenvalue weighted by atomic mass is 9.89. The number of sulfonamides is 1. The summed E-state index contributed by atoms with van der Waals surface area (Å²) in [6, 6.07) is 24.0. The van der Waals surface area contributed by atoms with Gasteiger partial charge in [-0.1, -0.05) is 66.7 Å². The van der Waals surface area contributed by atoms with E-state index in [9.17, 15) is 26.4 Å². The number of nitrogens with one attached hydrogen (secondary N) is 1. The van der Waals surface area contributed by atoms with E-state index < -0.39 is 22.1 Å². The maximum absolute atomic E-state index is 13.0. The lowest BCUT2D eigenvalue weighted by Crippen LogP contribution is -2.43. The summed E-state index contributed by atoms with van der Waals surface area (Å²) in [6.07, 6.45) is -4.20. The lowest BCUT2D eigenvalue weighted by molar-refractivity contribution is -0.186. The van der Waals surface area contributed by atoms with Crippen LogP contribution in [0.3, 0.4) is 0 Å². The number of carbonyl (C=O) groups excluding carboxylic acids is 1. The Bertz CT molecular complexity index is 1240. The number of halogens is 3. The third-order valence-corrected chi connectivity index (χ3v) is 7.62. The fourth-order valence-electron chi connectivity index (χ4n) is 4.37. The van der Waals surface area contributed by atoms with E-state index in [0.29, 0.717) is 16.9 Å². The standard InChI is InChI=1S/C26H25F3N2O3S/c27-26(28,29)25(32)31-16-14-19-11-12-23(17-22(19)18-31)35(33,34)30-15-13-24(20-7-3-1-4-8-20)21-9-5-2-6-10-21/h1-12,17,24,30H,13-16,18H2. The Labute approximate surface area is 202 Å². The van der Waals surface area contributed by atoms with Gasteiger partial charge >= 0.3 is 12.1 Å². The molecule has 0 saturated carbocycles. The molecule has 0 saturated heterocycles. The van der Waals surface area contributed by atoms with Crippen molar-refractivity contribution < 1.29 is 26.4 Å². The summed E-state index contributed by atoms with van der Waals surface area (Å²) >= 11 is 0. The normalized spacial score (nSPS) is 14.1. The van der Waals surface area contributed by atoms with Crippen molar-refractivity contribution in [1.29, 1.82) is 0 Å². The predicted molar refractivity (Wildman–Crippen MR) is 126 cm³/mol. The summed E-state index contributed by atoms with van der Waals surface area (Å²) < 4.78 is 67.1. The Hall–Kier alpha value is -3.17. The molecule has 1 heterocycles. The van der Waals surface area contributed by atoms with Crippen LogP contribution >= 0.6 is 0 Å². The lowest BCUT2D eigenvalue weighted by Gasteiger charge is -2.29. The molecular formula is C26H25F3N2O3S. The van der Waals surface area contributed by atoms with Crippen LogP contribution < -0.4 is 4.72 Å². The van der Waals surface area contributed by atoms with Gasteiger partial charge in [-0.05, 0) is 47.2 Å². The number of carbonyl (C=O) groups is 1. The zero-order chi connectivity index (χ0) is 25.1. The molecule has 0 bridgehead atoms. The van der Waals surface area contributed by atoms with Gasteiger partial charge in [-0.3, -0.25) is 4.79 Å². The van der Waals surface area contributed by atoms with Crippen molar-refractivity contribution in [3.63, 3.8) is 0 Å². The highest BCUT2D eigenvalue weighted by atomic mass is 32.2. The molecule has 5 nitrogen and oxygen atoms in total. The monoisotopic (exact) mass is 502 g/mol. The van der Waals surface area contributed by atoms with E-state index in [2.05, 4.69) is 4.72 Å². The van der Waals surface area contributed by atoms with Crippen LogP contribution in [-0.2, 0) is 27.8 Å². The van der Waals surface area contributed by atoms with Crippen molar-refractivity contribution in [2.24, 2.45) is 0 Å². The Morgan fingerprint density at radius 2 is 1.51 bits per heavy atom. The van der Waals surface area contributed by atoms with Gasteiger partial charge in [0.1, 0.15) is 0 Å². The maximum atomic E-state index is 13.0. The number of hydrogen-bond donors (Lipinski definition) is 1. The summed E-state index contributed by atoms with van der Waals surface area (Å²) in [4.78, 5) is 12.3. The molecule has 35 heavy (non-hydrogen) atoms. The van der Waals surface area contributed by atoms with Crippen LogP contribution in [0.2, 0.25) is 0 Å². The van der Waals surface area contributed by atoms with Crippen LogP contribution in [0, 0.1) is 0 Å². The molecule has 1 N–H and O–H groups in total. The number of hydrogen-bond acceptors (Lipinski definition) is 3. The van der Waals surface area contributed by atoms with E-state index in [-0.39, 0.29) is 36.9 Å². The molecule has 0 aliphatic carbocycles. The maximum Gasteiger partial charge on any atom is 0.471 e. The van der Waals surface area contributed by atoms with Gasteiger partial charge in [0.2, 0.25) is 10.0 Å². The van der Waals surface area contributed by atoms with Crippen molar-refractivity contribution in [3.8, 4) is 0 Å². The molecule has 3 aromatic rings. The van der Waals surface area contributed by atoms with Gasteiger partial charge in [-0.15, -0.1) is 0 Å². The first-order chi connectivity index (χ1) is 16.6. The first-order valence-corrected chi connectivity index (χ1v) is 12.7. The first kappa shape index (κ1) is 24.9. The fourth-order valence-corrected chi connectivity index (χ4v) is 5.47. The van der Waals surface area contributed by atoms with Crippen LogP contribution in [-0.4, -0.2) is 38.5 Å². The number of nitrogens with zero attached hydrogens (tertiary/aromatic N) is 1. The quantitative estimate of drug-likeness (QED) is 0.512. The number of rotatable bonds is 7. The second-order valence-corrected chi connectivity index (χ2v) is 10.2. The second-order valence-electron chi connectivity index (χ2n) is 8.47. The molecule has 0 spiro atoms. The van der Waals surface area contributed by atoms with Crippen LogP contribution in [0.5, 0.6) is 0 Å². The van der Waals surface area contributed by atoms with E-state index in [4.69, 9.17) is 0 Å². The van der Waals surface area contributed by atoms with Crippen molar-refractivity contribution in [2.75, 3.05) is 13.1 Å². The molecule has 9 heteroatoms. The number of benzene rings is 3. The van der Waals surface area contributed by atoms with Gasteiger partial charge in [0.05, 0.1) is 4.90 Å². The molecule has 0 atom stereocenters. The molecule has 0 radical (unpaired) electrons. The minimum absolute atomic E-state index is 0.00873. The molecule has 1 aliphatic rings. The van der Waals surface area contributed by atoms with Gasteiger partial charge in [0, 0.05) is 25.6 Å². The van der Waals surface area contributed by atoms with Gasteiger partial charge in [-0.25, -0.2) is 13.1 Å². The van der Waals surface area contributed by atoms with Gasteiger partial charge in [-0.2, -0.15) is 13.2 Å². The Morgan fingerprint density at radius 1 is 0.914 bits per heavy atom. The fraction of sp³-hybridized carbons (Fsp3) is 0.269. The summed E-state index contributed by atoms with van der Waals surface area (Å²) in [5.41, 5.74) is 3.29. The largest absolute Gasteiger partial charge is 0.471 e. The van der Waals surface area contributed by atoms with Crippen molar-refractivity contribution in [1.82, 2.24) is 9.62 Å². The topological polar surface area (TPSA) is 66.5 Å². The van der Waals surface area contributed by atoms with E-state index in [1.807, 2.05) is 60.7 Å². The highest BCUT2D eigenvalue weighted by molar-refractivity contribution is 7.89. The van der Waals surface area contributed by atoms with Crippen LogP contribution in [0.15, 0.2) is 83.8 Å². The SMILES string of the molecule is O=C(N1CCc2ccc(S(=O)(=O)NCCC(c3ccccc3)c3ccccc3)cc2C1)C(F)(F)F. The summed E-state index contributed by atoms with van der Waals surface area (Å²) in [5, 5.41) is 0. The summed E-state index contributed by atoms with van der Waals surface area (Å²) in [5.74, 6) is -1.92. The van der Waals surface area contributed by atoms with Gasteiger partial charge < -0.3 is 4.90 Å². The number of alkyl halides is 3. The second kappa shape index (κ2) is 10.2. The minimum atomic E-state index is -4.96. The molecule has 0 unspecified atom stereocenters. The highest BCUT2D eigenvalue weighted by Gasteiger charge is 2.43. The zero-order valence-electron chi connectivity index (χ0n) is 18.8. The van der Waals surface area contributed by atoms with Gasteiger partial charge in [0.15, 0.2) is 0 Å². The average molecular weight is 503 g/mol. The number of amides is 1. The Morgan fingerprint density at radius 3 is 2.09 bits per heavy atom. The third kappa shape index (κ3) is 5.91. The van der Waals surface area contributed by atoms with Crippen molar-refractivity contribution >= 4 is 15.9 Å². The van der Waals surface area contributed by atoms with Gasteiger partial charge in [0.25, 0.3) is 0 Å². The Kier molecular flexibility index (Phi) is 7.28. The predicted octanol–water partition coefficient (Wildman–Crippen LogP) is 4.63. The molecule has 1 aliphatic heterocycles. The molecule has 184 valence electrons. The third-order valence-electron chi connectivity index (χ3n) is 6.16. The molecule has 4 rings (SSSR count). The van der Waals surface area contributed by atoms with Crippen molar-refractivity contribution in [2.45, 2.75) is 36.4 Å². The smallest absolute Gasteiger partial charge is 0.330 e. The van der Waals surface area contributed by atoms with E-state index in [1.54, 1.807) is 6.07 Å². The molecular weight excluding hydrogens is 477 g/mol. The molecule has 3 aromatic carbocycles.